The van der Waals surface area contributed by atoms with Crippen LogP contribution in [0.25, 0.3) is 0 Å². The molecule has 0 aromatic heterocycles. The van der Waals surface area contributed by atoms with E-state index in [9.17, 15) is 18.0 Å². The zero-order chi connectivity index (χ0) is 12.2. The second-order valence-corrected chi connectivity index (χ2v) is 3.88. The third-order valence-corrected chi connectivity index (χ3v) is 2.67. The number of hydrogen-bond acceptors (Lipinski definition) is 2. The van der Waals surface area contributed by atoms with Gasteiger partial charge in [-0.05, 0) is 19.3 Å². The first-order valence-electron chi connectivity index (χ1n) is 5.09. The Labute approximate surface area is 91.5 Å². The van der Waals surface area contributed by atoms with Crippen molar-refractivity contribution >= 4 is 6.03 Å². The third-order valence-electron chi connectivity index (χ3n) is 2.67. The summed E-state index contributed by atoms with van der Waals surface area (Å²) in [5.74, 6) is -1.31. The van der Waals surface area contributed by atoms with Crippen LogP contribution in [0.2, 0.25) is 0 Å². The van der Waals surface area contributed by atoms with Crippen LogP contribution in [0.1, 0.15) is 25.7 Å². The van der Waals surface area contributed by atoms with Gasteiger partial charge in [0.25, 0.3) is 0 Å². The van der Waals surface area contributed by atoms with Gasteiger partial charge in [0, 0.05) is 6.04 Å². The highest BCUT2D eigenvalue weighted by molar-refractivity contribution is 5.72. The molecule has 2 N–H and O–H groups in total. The predicted octanol–water partition coefficient (Wildman–Crippen LogP) is 1.97. The zero-order valence-electron chi connectivity index (χ0n) is 8.93. The van der Waals surface area contributed by atoms with E-state index in [1.807, 2.05) is 5.48 Å². The van der Waals surface area contributed by atoms with Crippen LogP contribution in [0.4, 0.5) is 18.0 Å². The van der Waals surface area contributed by atoms with Crippen LogP contribution in [0.5, 0.6) is 0 Å². The fraction of sp³-hybridized carbons (Fsp3) is 0.889. The van der Waals surface area contributed by atoms with Crippen molar-refractivity contribution in [2.24, 2.45) is 5.92 Å². The number of urea groups is 1. The van der Waals surface area contributed by atoms with Gasteiger partial charge in [-0.1, -0.05) is 6.42 Å². The summed E-state index contributed by atoms with van der Waals surface area (Å²) in [7, 11) is 1.26. The SMILES string of the molecule is CONC(=O)N[C@@H]1CCC[C@@H](C(F)(F)F)C1. The standard InChI is InChI=1S/C9H15F3N2O2/c1-16-14-8(15)13-7-4-2-3-6(5-7)9(10,11)12/h6-7H,2-5H2,1H3,(H2,13,14,15)/t6-,7-/m1/s1. The molecule has 1 fully saturated rings. The Hall–Kier alpha value is -0.980. The van der Waals surface area contributed by atoms with Crippen molar-refractivity contribution in [3.63, 3.8) is 0 Å². The minimum absolute atomic E-state index is 0.0549. The second-order valence-electron chi connectivity index (χ2n) is 3.88. The first kappa shape index (κ1) is 13.1. The molecule has 0 spiro atoms. The van der Waals surface area contributed by atoms with Crippen LogP contribution in [0.15, 0.2) is 0 Å². The van der Waals surface area contributed by atoms with Gasteiger partial charge in [0.1, 0.15) is 0 Å². The number of alkyl halides is 3. The summed E-state index contributed by atoms with van der Waals surface area (Å²) in [6.07, 6.45) is -3.03. The first-order chi connectivity index (χ1) is 7.43. The van der Waals surface area contributed by atoms with Gasteiger partial charge in [-0.15, -0.1) is 0 Å². The van der Waals surface area contributed by atoms with E-state index >= 15 is 0 Å². The molecule has 1 aliphatic rings. The van der Waals surface area contributed by atoms with E-state index in [2.05, 4.69) is 10.2 Å². The highest BCUT2D eigenvalue weighted by atomic mass is 19.4. The summed E-state index contributed by atoms with van der Waals surface area (Å²) in [6, 6.07) is -1.04. The average molecular weight is 240 g/mol. The van der Waals surface area contributed by atoms with Gasteiger partial charge in [-0.25, -0.2) is 10.3 Å². The fourth-order valence-corrected chi connectivity index (χ4v) is 1.93. The fourth-order valence-electron chi connectivity index (χ4n) is 1.93. The van der Waals surface area contributed by atoms with Crippen molar-refractivity contribution in [2.45, 2.75) is 37.9 Å². The molecule has 0 bridgehead atoms. The Kier molecular flexibility index (Phi) is 4.40. The molecule has 2 atom stereocenters. The molecule has 1 rings (SSSR count). The van der Waals surface area contributed by atoms with Crippen LogP contribution < -0.4 is 10.8 Å². The molecule has 4 nitrogen and oxygen atoms in total. The van der Waals surface area contributed by atoms with E-state index in [4.69, 9.17) is 0 Å². The predicted molar refractivity (Wildman–Crippen MR) is 50.5 cm³/mol. The Morgan fingerprint density at radius 3 is 2.62 bits per heavy atom. The van der Waals surface area contributed by atoms with Crippen molar-refractivity contribution < 1.29 is 22.8 Å². The molecule has 0 aromatic rings. The summed E-state index contributed by atoms with van der Waals surface area (Å²) in [5.41, 5.74) is 2.02. The molecule has 0 aliphatic heterocycles. The maximum absolute atomic E-state index is 12.4. The number of carbonyl (C=O) groups is 1. The third kappa shape index (κ3) is 3.88. The largest absolute Gasteiger partial charge is 0.391 e. The molecule has 0 saturated heterocycles. The van der Waals surface area contributed by atoms with Crippen molar-refractivity contribution in [3.05, 3.63) is 0 Å². The Morgan fingerprint density at radius 1 is 1.38 bits per heavy atom. The summed E-state index contributed by atoms with van der Waals surface area (Å²) in [4.78, 5) is 15.4. The number of rotatable bonds is 2. The molecule has 0 heterocycles. The lowest BCUT2D eigenvalue weighted by molar-refractivity contribution is -0.183. The van der Waals surface area contributed by atoms with Crippen LogP contribution in [0, 0.1) is 5.92 Å². The summed E-state index contributed by atoms with van der Waals surface area (Å²) < 4.78 is 37.3. The van der Waals surface area contributed by atoms with Gasteiger partial charge in [0.2, 0.25) is 0 Å². The summed E-state index contributed by atoms with van der Waals surface area (Å²) in [6.45, 7) is 0. The van der Waals surface area contributed by atoms with Gasteiger partial charge in [-0.2, -0.15) is 13.2 Å². The zero-order valence-corrected chi connectivity index (χ0v) is 8.93. The number of carbonyl (C=O) groups excluding carboxylic acids is 1. The average Bonchev–Trinajstić information content (AvgIpc) is 2.17. The number of hydroxylamine groups is 1. The van der Waals surface area contributed by atoms with Crippen molar-refractivity contribution in [3.8, 4) is 0 Å². The number of halogens is 3. The second kappa shape index (κ2) is 5.38. The van der Waals surface area contributed by atoms with Gasteiger partial charge >= 0.3 is 12.2 Å². The smallest absolute Gasteiger partial charge is 0.334 e. The molecule has 16 heavy (non-hydrogen) atoms. The van der Waals surface area contributed by atoms with E-state index in [1.54, 1.807) is 0 Å². The van der Waals surface area contributed by atoms with Crippen LogP contribution in [-0.4, -0.2) is 25.4 Å². The summed E-state index contributed by atoms with van der Waals surface area (Å²) in [5, 5.41) is 2.45. The minimum Gasteiger partial charge on any atom is -0.334 e. The normalized spacial score (nSPS) is 26.2. The highest BCUT2D eigenvalue weighted by Gasteiger charge is 2.42. The molecule has 1 aliphatic carbocycles. The molecule has 7 heteroatoms. The molecule has 2 amide bonds. The molecule has 94 valence electrons. The highest BCUT2D eigenvalue weighted by Crippen LogP contribution is 2.37. The van der Waals surface area contributed by atoms with Crippen molar-refractivity contribution in [1.82, 2.24) is 10.8 Å². The number of nitrogens with one attached hydrogen (secondary N) is 2. The van der Waals surface area contributed by atoms with Crippen LogP contribution in [0.3, 0.4) is 0 Å². The lowest BCUT2D eigenvalue weighted by Gasteiger charge is -2.30. The summed E-state index contributed by atoms with van der Waals surface area (Å²) >= 11 is 0. The topological polar surface area (TPSA) is 50.4 Å². The first-order valence-corrected chi connectivity index (χ1v) is 5.09. The monoisotopic (exact) mass is 240 g/mol. The molecule has 0 aromatic carbocycles. The lowest BCUT2D eigenvalue weighted by atomic mass is 9.85. The van der Waals surface area contributed by atoms with E-state index in [0.29, 0.717) is 12.8 Å². The Balaban J connectivity index is 2.42. The lowest BCUT2D eigenvalue weighted by Crippen LogP contribution is -2.45. The van der Waals surface area contributed by atoms with Crippen LogP contribution in [-0.2, 0) is 4.84 Å². The van der Waals surface area contributed by atoms with Crippen molar-refractivity contribution in [1.29, 1.82) is 0 Å². The van der Waals surface area contributed by atoms with E-state index in [0.717, 1.165) is 0 Å². The maximum atomic E-state index is 12.4. The number of hydrogen-bond donors (Lipinski definition) is 2. The van der Waals surface area contributed by atoms with E-state index < -0.39 is 24.2 Å². The van der Waals surface area contributed by atoms with E-state index in [1.165, 1.54) is 7.11 Å². The molecular weight excluding hydrogens is 225 g/mol. The van der Waals surface area contributed by atoms with Gasteiger partial charge in [0.05, 0.1) is 13.0 Å². The quantitative estimate of drug-likeness (QED) is 0.725. The molecular formula is C9H15F3N2O2. The van der Waals surface area contributed by atoms with Crippen molar-refractivity contribution in [2.75, 3.05) is 7.11 Å². The van der Waals surface area contributed by atoms with Gasteiger partial charge in [-0.3, -0.25) is 4.84 Å². The number of amides is 2. The van der Waals surface area contributed by atoms with Crippen LogP contribution >= 0.6 is 0 Å². The Bertz CT molecular complexity index is 245. The molecule has 0 unspecified atom stereocenters. The van der Waals surface area contributed by atoms with Gasteiger partial charge < -0.3 is 5.32 Å². The Morgan fingerprint density at radius 2 is 2.06 bits per heavy atom. The molecule has 1 saturated carbocycles. The minimum atomic E-state index is -4.17. The maximum Gasteiger partial charge on any atom is 0.391 e. The van der Waals surface area contributed by atoms with E-state index in [-0.39, 0.29) is 12.8 Å². The van der Waals surface area contributed by atoms with Gasteiger partial charge in [0.15, 0.2) is 0 Å². The molecule has 0 radical (unpaired) electrons.